The number of nitrogens with one attached hydrogen (secondary N) is 3. The largest absolute Gasteiger partial charge is 0.355 e. The minimum atomic E-state index is -3.23. The molecule has 0 atom stereocenters. The molecule has 23 heavy (non-hydrogen) atoms. The van der Waals surface area contributed by atoms with Crippen molar-refractivity contribution in [2.75, 3.05) is 19.8 Å². The third kappa shape index (κ3) is 8.55. The Morgan fingerprint density at radius 1 is 1.22 bits per heavy atom. The van der Waals surface area contributed by atoms with Crippen LogP contribution in [0.2, 0.25) is 0 Å². The molecule has 0 heterocycles. The first-order valence-electron chi connectivity index (χ1n) is 8.61. The molecule has 3 N–H and O–H groups in total. The topological polar surface area (TPSA) is 82.6 Å². The molecule has 1 aliphatic carbocycles. The summed E-state index contributed by atoms with van der Waals surface area (Å²) in [5.41, 5.74) is -0.565. The van der Waals surface area contributed by atoms with Gasteiger partial charge < -0.3 is 10.6 Å². The molecule has 1 saturated carbocycles. The quantitative estimate of drug-likeness (QED) is 0.485. The normalized spacial score (nSPS) is 23.6. The lowest BCUT2D eigenvalue weighted by Gasteiger charge is -2.31. The second-order valence-electron chi connectivity index (χ2n) is 7.33. The molecular formula is C16H34N4O2S. The zero-order chi connectivity index (χ0) is 17.5. The van der Waals surface area contributed by atoms with Gasteiger partial charge in [0.15, 0.2) is 5.96 Å². The van der Waals surface area contributed by atoms with Crippen LogP contribution in [0.1, 0.15) is 59.3 Å². The smallest absolute Gasteiger partial charge is 0.209 e. The molecule has 0 radical (unpaired) electrons. The lowest BCUT2D eigenvalue weighted by Crippen LogP contribution is -2.54. The van der Waals surface area contributed by atoms with Crippen LogP contribution in [0.5, 0.6) is 0 Å². The maximum atomic E-state index is 11.4. The van der Waals surface area contributed by atoms with Crippen molar-refractivity contribution in [2.45, 2.75) is 70.9 Å². The fourth-order valence-electron chi connectivity index (χ4n) is 3.23. The number of sulfonamides is 1. The van der Waals surface area contributed by atoms with Crippen LogP contribution in [-0.4, -0.2) is 45.8 Å². The maximum Gasteiger partial charge on any atom is 0.209 e. The maximum absolute atomic E-state index is 11.4. The van der Waals surface area contributed by atoms with Gasteiger partial charge in [-0.3, -0.25) is 4.99 Å². The Bertz CT molecular complexity index is 480. The minimum Gasteiger partial charge on any atom is -0.355 e. The van der Waals surface area contributed by atoms with Gasteiger partial charge in [0.05, 0.1) is 6.26 Å². The van der Waals surface area contributed by atoms with Gasteiger partial charge in [0, 0.05) is 25.2 Å². The van der Waals surface area contributed by atoms with E-state index in [4.69, 9.17) is 0 Å². The lowest BCUT2D eigenvalue weighted by atomic mass is 9.83. The van der Waals surface area contributed by atoms with Crippen LogP contribution < -0.4 is 15.4 Å². The van der Waals surface area contributed by atoms with Crippen LogP contribution >= 0.6 is 0 Å². The van der Waals surface area contributed by atoms with Gasteiger partial charge in [-0.25, -0.2) is 13.1 Å². The number of nitrogens with zero attached hydrogens (tertiary/aromatic N) is 1. The molecule has 0 amide bonds. The summed E-state index contributed by atoms with van der Waals surface area (Å²) in [5, 5.41) is 6.69. The Morgan fingerprint density at radius 3 is 2.30 bits per heavy atom. The molecule has 0 aliphatic heterocycles. The third-order valence-corrected chi connectivity index (χ3v) is 5.19. The zero-order valence-corrected chi connectivity index (χ0v) is 16.1. The number of guanidine groups is 1. The van der Waals surface area contributed by atoms with Gasteiger partial charge in [-0.05, 0) is 45.4 Å². The van der Waals surface area contributed by atoms with Gasteiger partial charge in [-0.15, -0.1) is 0 Å². The predicted molar refractivity (Wildman–Crippen MR) is 97.2 cm³/mol. The fraction of sp³-hybridized carbons (Fsp3) is 0.938. The van der Waals surface area contributed by atoms with E-state index in [2.05, 4.69) is 27.3 Å². The Hall–Kier alpha value is -0.820. The molecule has 0 bridgehead atoms. The average molecular weight is 347 g/mol. The van der Waals surface area contributed by atoms with Crippen LogP contribution in [0.15, 0.2) is 4.99 Å². The Labute approximate surface area is 142 Å². The molecule has 0 spiro atoms. The van der Waals surface area contributed by atoms with Crippen molar-refractivity contribution in [3.63, 3.8) is 0 Å². The molecule has 1 fully saturated rings. The lowest BCUT2D eigenvalue weighted by molar-refractivity contribution is 0.294. The zero-order valence-electron chi connectivity index (χ0n) is 15.3. The van der Waals surface area contributed by atoms with Gasteiger partial charge in [-0.2, -0.15) is 0 Å². The van der Waals surface area contributed by atoms with Crippen molar-refractivity contribution in [2.24, 2.45) is 10.9 Å². The van der Waals surface area contributed by atoms with Crippen LogP contribution in [0.25, 0.3) is 0 Å². The minimum absolute atomic E-state index is 0.459. The van der Waals surface area contributed by atoms with E-state index >= 15 is 0 Å². The Kier molecular flexibility index (Phi) is 7.80. The van der Waals surface area contributed by atoms with E-state index in [1.165, 1.54) is 44.8 Å². The van der Waals surface area contributed by atoms with Crippen LogP contribution in [0, 0.1) is 5.92 Å². The number of hydrogen-bond donors (Lipinski definition) is 3. The summed E-state index contributed by atoms with van der Waals surface area (Å²) >= 11 is 0. The summed E-state index contributed by atoms with van der Waals surface area (Å²) in [6, 6.07) is 0.459. The highest BCUT2D eigenvalue weighted by molar-refractivity contribution is 7.88. The van der Waals surface area contributed by atoms with Crippen molar-refractivity contribution in [1.82, 2.24) is 15.4 Å². The van der Waals surface area contributed by atoms with Crippen molar-refractivity contribution in [3.05, 3.63) is 0 Å². The summed E-state index contributed by atoms with van der Waals surface area (Å²) in [7, 11) is -1.48. The number of aliphatic imine (C=N–C) groups is 1. The van der Waals surface area contributed by atoms with Crippen LogP contribution in [-0.2, 0) is 10.0 Å². The second kappa shape index (κ2) is 8.87. The summed E-state index contributed by atoms with van der Waals surface area (Å²) in [4.78, 5) is 4.25. The standard InChI is InChI=1S/C16H34N4O2S/c1-6-7-13-8-10-14(11-9-13)19-15(17-4)18-12-16(2,3)20-23(5,21)22/h13-14,20H,6-12H2,1-5H3,(H2,17,18,19). The van der Waals surface area contributed by atoms with Crippen molar-refractivity contribution in [3.8, 4) is 0 Å². The first kappa shape index (κ1) is 20.2. The molecule has 136 valence electrons. The Morgan fingerprint density at radius 2 is 1.83 bits per heavy atom. The summed E-state index contributed by atoms with van der Waals surface area (Å²) in [6.07, 6.45) is 8.70. The molecular weight excluding hydrogens is 312 g/mol. The third-order valence-electron chi connectivity index (χ3n) is 4.27. The van der Waals surface area contributed by atoms with E-state index in [0.717, 1.165) is 11.9 Å². The molecule has 0 aromatic heterocycles. The van der Waals surface area contributed by atoms with E-state index in [-0.39, 0.29) is 0 Å². The molecule has 0 unspecified atom stereocenters. The van der Waals surface area contributed by atoms with Gasteiger partial charge in [0.1, 0.15) is 0 Å². The monoisotopic (exact) mass is 346 g/mol. The summed E-state index contributed by atoms with van der Waals surface area (Å²) < 4.78 is 25.4. The van der Waals surface area contributed by atoms with Crippen molar-refractivity contribution < 1.29 is 8.42 Å². The second-order valence-corrected chi connectivity index (χ2v) is 9.08. The van der Waals surface area contributed by atoms with Gasteiger partial charge in [-0.1, -0.05) is 19.8 Å². The SMILES string of the molecule is CCCC1CCC(NC(=NC)NCC(C)(C)NS(C)(=O)=O)CC1. The summed E-state index contributed by atoms with van der Waals surface area (Å²) in [5.74, 6) is 1.62. The molecule has 0 aromatic rings. The Balaban J connectivity index is 2.41. The van der Waals surface area contributed by atoms with Gasteiger partial charge in [0.2, 0.25) is 10.0 Å². The van der Waals surface area contributed by atoms with E-state index in [1.54, 1.807) is 7.05 Å². The molecule has 0 aromatic carbocycles. The van der Waals surface area contributed by atoms with Crippen molar-refractivity contribution >= 4 is 16.0 Å². The molecule has 1 aliphatic rings. The first-order valence-corrected chi connectivity index (χ1v) is 10.5. The predicted octanol–water partition coefficient (Wildman–Crippen LogP) is 1.84. The van der Waals surface area contributed by atoms with E-state index in [0.29, 0.717) is 12.6 Å². The average Bonchev–Trinajstić information content (AvgIpc) is 2.43. The van der Waals surface area contributed by atoms with Gasteiger partial charge >= 0.3 is 0 Å². The number of rotatable bonds is 7. The molecule has 6 nitrogen and oxygen atoms in total. The highest BCUT2D eigenvalue weighted by atomic mass is 32.2. The van der Waals surface area contributed by atoms with E-state index in [9.17, 15) is 8.42 Å². The van der Waals surface area contributed by atoms with E-state index < -0.39 is 15.6 Å². The van der Waals surface area contributed by atoms with Crippen LogP contribution in [0.3, 0.4) is 0 Å². The van der Waals surface area contributed by atoms with Gasteiger partial charge in [0.25, 0.3) is 0 Å². The molecule has 7 heteroatoms. The highest BCUT2D eigenvalue weighted by Crippen LogP contribution is 2.27. The molecule has 1 rings (SSSR count). The first-order chi connectivity index (χ1) is 10.6. The van der Waals surface area contributed by atoms with Crippen LogP contribution in [0.4, 0.5) is 0 Å². The fourth-order valence-corrected chi connectivity index (χ4v) is 4.31. The molecule has 0 saturated heterocycles. The van der Waals surface area contributed by atoms with E-state index in [1.807, 2.05) is 13.8 Å². The summed E-state index contributed by atoms with van der Waals surface area (Å²) in [6.45, 7) is 6.43. The van der Waals surface area contributed by atoms with Crippen molar-refractivity contribution in [1.29, 1.82) is 0 Å². The number of hydrogen-bond acceptors (Lipinski definition) is 3. The highest BCUT2D eigenvalue weighted by Gasteiger charge is 2.24.